The Morgan fingerprint density at radius 2 is 1.87 bits per heavy atom. The van der Waals surface area contributed by atoms with Crippen molar-refractivity contribution in [3.8, 4) is 11.5 Å². The zero-order valence-corrected chi connectivity index (χ0v) is 17.9. The highest BCUT2D eigenvalue weighted by atomic mass is 16.5. The van der Waals surface area contributed by atoms with Crippen molar-refractivity contribution < 1.29 is 19.7 Å². The van der Waals surface area contributed by atoms with Gasteiger partial charge in [0.1, 0.15) is 11.5 Å². The van der Waals surface area contributed by atoms with Gasteiger partial charge in [-0.2, -0.15) is 0 Å². The molecule has 6 heteroatoms. The minimum atomic E-state index is -0.646. The molecule has 1 saturated heterocycles. The highest BCUT2D eigenvalue weighted by molar-refractivity contribution is 5.77. The third kappa shape index (κ3) is 5.57. The van der Waals surface area contributed by atoms with Crippen LogP contribution in [-0.2, 0) is 11.2 Å². The molecule has 6 nitrogen and oxygen atoms in total. The number of piperidine rings is 1. The minimum absolute atomic E-state index is 0.0594. The first-order valence-corrected chi connectivity index (χ1v) is 11.3. The Morgan fingerprint density at radius 1 is 1.10 bits per heavy atom. The summed E-state index contributed by atoms with van der Waals surface area (Å²) in [5.41, 5.74) is 3.25. The number of phenols is 1. The Bertz CT molecular complexity index is 878. The molecule has 1 heterocycles. The van der Waals surface area contributed by atoms with E-state index in [0.717, 1.165) is 56.5 Å². The standard InChI is InChI=1S/C25H32N2O4/c28-20-10-7-19(8-11-20)24(29)16-26-23-6-4-5-18-9-12-21(15-22(18)23)31-17-25(30)27-13-2-1-3-14-27/h7-12,15,23-24,26,28-29H,1-6,13-14,16-17H2/t23-,24-/m0/s1. The van der Waals surface area contributed by atoms with Gasteiger partial charge in [-0.3, -0.25) is 4.79 Å². The molecule has 0 unspecified atom stereocenters. The molecule has 31 heavy (non-hydrogen) atoms. The van der Waals surface area contributed by atoms with Crippen LogP contribution in [0, 0.1) is 0 Å². The molecule has 2 aliphatic rings. The van der Waals surface area contributed by atoms with E-state index >= 15 is 0 Å². The van der Waals surface area contributed by atoms with Gasteiger partial charge in [-0.15, -0.1) is 0 Å². The van der Waals surface area contributed by atoms with Crippen LogP contribution in [0.5, 0.6) is 11.5 Å². The van der Waals surface area contributed by atoms with Crippen molar-refractivity contribution in [3.63, 3.8) is 0 Å². The lowest BCUT2D eigenvalue weighted by atomic mass is 9.87. The van der Waals surface area contributed by atoms with E-state index in [1.807, 2.05) is 17.0 Å². The number of aliphatic hydroxyl groups is 1. The largest absolute Gasteiger partial charge is 0.508 e. The Kier molecular flexibility index (Phi) is 7.10. The number of ether oxygens (including phenoxy) is 1. The lowest BCUT2D eigenvalue weighted by Gasteiger charge is -2.28. The minimum Gasteiger partial charge on any atom is -0.508 e. The summed E-state index contributed by atoms with van der Waals surface area (Å²) in [7, 11) is 0. The molecule has 4 rings (SSSR count). The van der Waals surface area contributed by atoms with Crippen LogP contribution in [0.3, 0.4) is 0 Å². The predicted molar refractivity (Wildman–Crippen MR) is 119 cm³/mol. The number of rotatable bonds is 7. The van der Waals surface area contributed by atoms with Crippen molar-refractivity contribution in [1.29, 1.82) is 0 Å². The second-order valence-corrected chi connectivity index (χ2v) is 8.55. The molecule has 166 valence electrons. The number of aliphatic hydroxyl groups excluding tert-OH is 1. The van der Waals surface area contributed by atoms with Gasteiger partial charge in [-0.25, -0.2) is 0 Å². The van der Waals surface area contributed by atoms with Crippen LogP contribution < -0.4 is 10.1 Å². The van der Waals surface area contributed by atoms with Crippen LogP contribution in [0.15, 0.2) is 42.5 Å². The zero-order valence-electron chi connectivity index (χ0n) is 17.9. The number of carbonyl (C=O) groups excluding carboxylic acids is 1. The second-order valence-electron chi connectivity index (χ2n) is 8.55. The number of nitrogens with zero attached hydrogens (tertiary/aromatic N) is 1. The molecule has 0 saturated carbocycles. The van der Waals surface area contributed by atoms with E-state index in [2.05, 4.69) is 11.4 Å². The SMILES string of the molecule is O=C(COc1ccc2c(c1)[C@@H](NC[C@H](O)c1ccc(O)cc1)CCC2)N1CCCCC1. The van der Waals surface area contributed by atoms with E-state index in [-0.39, 0.29) is 24.3 Å². The molecular formula is C25H32N2O4. The van der Waals surface area contributed by atoms with Crippen molar-refractivity contribution in [1.82, 2.24) is 10.2 Å². The fourth-order valence-corrected chi connectivity index (χ4v) is 4.53. The number of aryl methyl sites for hydroxylation is 1. The fourth-order valence-electron chi connectivity index (χ4n) is 4.53. The van der Waals surface area contributed by atoms with Gasteiger partial charge >= 0.3 is 0 Å². The van der Waals surface area contributed by atoms with Gasteiger partial charge in [0.05, 0.1) is 6.10 Å². The highest BCUT2D eigenvalue weighted by Crippen LogP contribution is 2.33. The van der Waals surface area contributed by atoms with E-state index in [1.165, 1.54) is 17.5 Å². The van der Waals surface area contributed by atoms with Gasteiger partial charge in [-0.05, 0) is 79.5 Å². The fraction of sp³-hybridized carbons (Fsp3) is 0.480. The summed E-state index contributed by atoms with van der Waals surface area (Å²) >= 11 is 0. The maximum atomic E-state index is 12.4. The number of aromatic hydroxyl groups is 1. The molecule has 0 radical (unpaired) electrons. The third-order valence-corrected chi connectivity index (χ3v) is 6.34. The Labute approximate surface area is 183 Å². The summed E-state index contributed by atoms with van der Waals surface area (Å²) in [6.45, 7) is 2.17. The quantitative estimate of drug-likeness (QED) is 0.634. The normalized spacial score (nSPS) is 19.5. The van der Waals surface area contributed by atoms with Crippen LogP contribution >= 0.6 is 0 Å². The molecule has 1 fully saturated rings. The van der Waals surface area contributed by atoms with Crippen LogP contribution in [-0.4, -0.2) is 47.3 Å². The molecule has 0 spiro atoms. The lowest BCUT2D eigenvalue weighted by molar-refractivity contribution is -0.134. The summed E-state index contributed by atoms with van der Waals surface area (Å²) < 4.78 is 5.85. The van der Waals surface area contributed by atoms with Crippen molar-refractivity contribution in [2.24, 2.45) is 0 Å². The average molecular weight is 425 g/mol. The number of likely N-dealkylation sites (tertiary alicyclic amines) is 1. The third-order valence-electron chi connectivity index (χ3n) is 6.34. The zero-order chi connectivity index (χ0) is 21.6. The molecule has 2 atom stereocenters. The van der Waals surface area contributed by atoms with Crippen molar-refractivity contribution in [2.75, 3.05) is 26.2 Å². The first-order valence-electron chi connectivity index (χ1n) is 11.3. The Morgan fingerprint density at radius 3 is 2.65 bits per heavy atom. The summed E-state index contributed by atoms with van der Waals surface area (Å²) in [5.74, 6) is 0.970. The van der Waals surface area contributed by atoms with Gasteiger partial charge in [0.2, 0.25) is 0 Å². The first-order chi connectivity index (χ1) is 15.1. The average Bonchev–Trinajstić information content (AvgIpc) is 2.82. The smallest absolute Gasteiger partial charge is 0.260 e. The molecule has 1 aliphatic heterocycles. The van der Waals surface area contributed by atoms with Gasteiger partial charge in [0, 0.05) is 25.7 Å². The summed E-state index contributed by atoms with van der Waals surface area (Å²) in [6, 6.07) is 12.9. The Hall–Kier alpha value is -2.57. The van der Waals surface area contributed by atoms with Crippen LogP contribution in [0.25, 0.3) is 0 Å². The maximum absolute atomic E-state index is 12.4. The number of benzene rings is 2. The number of amides is 1. The summed E-state index contributed by atoms with van der Waals surface area (Å²) in [5, 5.41) is 23.4. The maximum Gasteiger partial charge on any atom is 0.260 e. The summed E-state index contributed by atoms with van der Waals surface area (Å²) in [4.78, 5) is 14.3. The van der Waals surface area contributed by atoms with Crippen LogP contribution in [0.1, 0.15) is 60.9 Å². The van der Waals surface area contributed by atoms with Gasteiger partial charge in [0.15, 0.2) is 6.61 Å². The van der Waals surface area contributed by atoms with Crippen molar-refractivity contribution in [2.45, 2.75) is 50.7 Å². The van der Waals surface area contributed by atoms with E-state index in [4.69, 9.17) is 4.74 Å². The summed E-state index contributed by atoms with van der Waals surface area (Å²) in [6.07, 6.45) is 5.82. The Balaban J connectivity index is 1.36. The molecule has 3 N–H and O–H groups in total. The van der Waals surface area contributed by atoms with Crippen molar-refractivity contribution in [3.05, 3.63) is 59.2 Å². The molecular weight excluding hydrogens is 392 g/mol. The molecule has 0 aromatic heterocycles. The topological polar surface area (TPSA) is 82.0 Å². The van der Waals surface area contributed by atoms with E-state index in [0.29, 0.717) is 6.54 Å². The number of hydrogen-bond donors (Lipinski definition) is 3. The number of hydrogen-bond acceptors (Lipinski definition) is 5. The lowest BCUT2D eigenvalue weighted by Crippen LogP contribution is -2.38. The van der Waals surface area contributed by atoms with E-state index in [1.54, 1.807) is 24.3 Å². The molecule has 1 amide bonds. The predicted octanol–water partition coefficient (Wildman–Crippen LogP) is 3.48. The van der Waals surface area contributed by atoms with E-state index < -0.39 is 6.10 Å². The van der Waals surface area contributed by atoms with Crippen LogP contribution in [0.2, 0.25) is 0 Å². The van der Waals surface area contributed by atoms with E-state index in [9.17, 15) is 15.0 Å². The number of phenolic OH excluding ortho intramolecular Hbond substituents is 1. The van der Waals surface area contributed by atoms with Gasteiger partial charge < -0.3 is 25.2 Å². The second kappa shape index (κ2) is 10.2. The van der Waals surface area contributed by atoms with Gasteiger partial charge in [0.25, 0.3) is 5.91 Å². The van der Waals surface area contributed by atoms with Crippen LogP contribution in [0.4, 0.5) is 0 Å². The molecule has 1 aliphatic carbocycles. The first kappa shape index (κ1) is 21.7. The number of fused-ring (bicyclic) bond motifs is 1. The number of nitrogens with one attached hydrogen (secondary N) is 1. The molecule has 2 aromatic rings. The highest BCUT2D eigenvalue weighted by Gasteiger charge is 2.22. The van der Waals surface area contributed by atoms with Crippen molar-refractivity contribution >= 4 is 5.91 Å². The van der Waals surface area contributed by atoms with Gasteiger partial charge in [-0.1, -0.05) is 18.2 Å². The monoisotopic (exact) mass is 424 g/mol. The number of carbonyl (C=O) groups is 1. The molecule has 0 bridgehead atoms. The molecule has 2 aromatic carbocycles.